The summed E-state index contributed by atoms with van der Waals surface area (Å²) in [4.78, 5) is 30.3. The first-order valence-electron chi connectivity index (χ1n) is 11.6. The lowest BCUT2D eigenvalue weighted by Crippen LogP contribution is -2.25. The molecule has 3 aromatic carbocycles. The molecule has 0 fully saturated rings. The topological polar surface area (TPSA) is 105 Å². The van der Waals surface area contributed by atoms with E-state index in [0.29, 0.717) is 33.6 Å². The number of halogens is 1. The molecule has 5 aromatic rings. The third kappa shape index (κ3) is 4.78. The molecule has 5 rings (SSSR count). The van der Waals surface area contributed by atoms with Crippen molar-refractivity contribution in [3.8, 4) is 23.1 Å². The number of benzene rings is 3. The number of rotatable bonds is 7. The smallest absolute Gasteiger partial charge is 0.346 e. The van der Waals surface area contributed by atoms with Gasteiger partial charge in [0.15, 0.2) is 23.4 Å². The van der Waals surface area contributed by atoms with Gasteiger partial charge in [0.25, 0.3) is 5.56 Å². The van der Waals surface area contributed by atoms with Crippen LogP contribution in [0.2, 0.25) is 0 Å². The lowest BCUT2D eigenvalue weighted by molar-refractivity contribution is -0.147. The quantitative estimate of drug-likeness (QED) is 0.189. The molecule has 2 heterocycles. The SMILES string of the molecule is COC(=O)[C@@H](C)Oc1c(C=Nn2c(-c3cc4cc(Br)ccc4o3)nc3ccccc3c2=O)cccc1OC. The molecule has 192 valence electrons. The number of esters is 1. The first-order valence-corrected chi connectivity index (χ1v) is 12.4. The Morgan fingerprint density at radius 2 is 1.92 bits per heavy atom. The Labute approximate surface area is 225 Å². The van der Waals surface area contributed by atoms with Crippen molar-refractivity contribution in [1.82, 2.24) is 9.66 Å². The summed E-state index contributed by atoms with van der Waals surface area (Å²) in [6, 6.07) is 19.6. The number of nitrogens with zero attached hydrogens (tertiary/aromatic N) is 3. The maximum Gasteiger partial charge on any atom is 0.346 e. The van der Waals surface area contributed by atoms with Crippen LogP contribution in [0.4, 0.5) is 0 Å². The molecule has 0 spiro atoms. The third-order valence-electron chi connectivity index (χ3n) is 5.82. The van der Waals surface area contributed by atoms with Gasteiger partial charge in [0, 0.05) is 15.4 Å². The zero-order chi connectivity index (χ0) is 26.8. The summed E-state index contributed by atoms with van der Waals surface area (Å²) in [5, 5.41) is 5.73. The van der Waals surface area contributed by atoms with Crippen LogP contribution >= 0.6 is 15.9 Å². The molecule has 1 atom stereocenters. The maximum absolute atomic E-state index is 13.6. The Hall–Kier alpha value is -4.44. The molecule has 0 saturated heterocycles. The van der Waals surface area contributed by atoms with Gasteiger partial charge in [-0.25, -0.2) is 9.78 Å². The molecule has 0 saturated carbocycles. The Bertz CT molecular complexity index is 1760. The minimum absolute atomic E-state index is 0.227. The number of carbonyl (C=O) groups excluding carboxylic acids is 1. The number of fused-ring (bicyclic) bond motifs is 2. The second kappa shape index (κ2) is 10.5. The van der Waals surface area contributed by atoms with Crippen LogP contribution < -0.4 is 15.0 Å². The molecule has 10 heteroatoms. The molecule has 0 aliphatic heterocycles. The van der Waals surface area contributed by atoms with Crippen LogP contribution in [0.15, 0.2) is 85.5 Å². The molecule has 0 amide bonds. The van der Waals surface area contributed by atoms with Crippen LogP contribution in [0.5, 0.6) is 11.5 Å². The molecular formula is C28H22BrN3O6. The Kier molecular flexibility index (Phi) is 6.97. The Morgan fingerprint density at radius 3 is 2.71 bits per heavy atom. The number of hydrogen-bond acceptors (Lipinski definition) is 8. The average molecular weight is 576 g/mol. The van der Waals surface area contributed by atoms with Crippen molar-refractivity contribution < 1.29 is 23.4 Å². The monoisotopic (exact) mass is 575 g/mol. The van der Waals surface area contributed by atoms with E-state index in [1.54, 1.807) is 49.4 Å². The number of ether oxygens (including phenoxy) is 3. The lowest BCUT2D eigenvalue weighted by Gasteiger charge is -2.17. The third-order valence-corrected chi connectivity index (χ3v) is 6.32. The fraction of sp³-hybridized carbons (Fsp3) is 0.143. The Balaban J connectivity index is 1.67. The molecular weight excluding hydrogens is 554 g/mol. The molecule has 0 aliphatic rings. The van der Waals surface area contributed by atoms with Crippen molar-refractivity contribution in [2.24, 2.45) is 5.10 Å². The van der Waals surface area contributed by atoms with Gasteiger partial charge < -0.3 is 18.6 Å². The highest BCUT2D eigenvalue weighted by molar-refractivity contribution is 9.10. The van der Waals surface area contributed by atoms with Gasteiger partial charge in [0.2, 0.25) is 5.82 Å². The number of hydrogen-bond donors (Lipinski definition) is 0. The van der Waals surface area contributed by atoms with E-state index in [0.717, 1.165) is 9.86 Å². The highest BCUT2D eigenvalue weighted by atomic mass is 79.9. The highest BCUT2D eigenvalue weighted by Gasteiger charge is 2.20. The van der Waals surface area contributed by atoms with Crippen molar-refractivity contribution >= 4 is 50.0 Å². The average Bonchev–Trinajstić information content (AvgIpc) is 3.35. The molecule has 0 bridgehead atoms. The minimum atomic E-state index is -0.904. The van der Waals surface area contributed by atoms with Crippen LogP contribution in [0.1, 0.15) is 12.5 Å². The van der Waals surface area contributed by atoms with Crippen molar-refractivity contribution in [3.63, 3.8) is 0 Å². The predicted molar refractivity (Wildman–Crippen MR) is 147 cm³/mol. The van der Waals surface area contributed by atoms with Gasteiger partial charge in [0.1, 0.15) is 5.58 Å². The second-order valence-corrected chi connectivity index (χ2v) is 9.18. The van der Waals surface area contributed by atoms with Gasteiger partial charge in [-0.05, 0) is 55.5 Å². The van der Waals surface area contributed by atoms with E-state index in [2.05, 4.69) is 21.0 Å². The molecule has 0 unspecified atom stereocenters. The maximum atomic E-state index is 13.6. The summed E-state index contributed by atoms with van der Waals surface area (Å²) < 4.78 is 24.2. The summed E-state index contributed by atoms with van der Waals surface area (Å²) in [5.41, 5.74) is 1.25. The van der Waals surface area contributed by atoms with Crippen molar-refractivity contribution in [1.29, 1.82) is 0 Å². The fourth-order valence-electron chi connectivity index (χ4n) is 3.95. The zero-order valence-electron chi connectivity index (χ0n) is 20.7. The van der Waals surface area contributed by atoms with Crippen molar-refractivity contribution in [2.75, 3.05) is 14.2 Å². The van der Waals surface area contributed by atoms with E-state index in [4.69, 9.17) is 23.6 Å². The van der Waals surface area contributed by atoms with Crippen LogP contribution in [0.3, 0.4) is 0 Å². The van der Waals surface area contributed by atoms with Gasteiger partial charge >= 0.3 is 5.97 Å². The summed E-state index contributed by atoms with van der Waals surface area (Å²) in [7, 11) is 2.77. The first-order chi connectivity index (χ1) is 18.4. The van der Waals surface area contributed by atoms with E-state index in [9.17, 15) is 9.59 Å². The van der Waals surface area contributed by atoms with Gasteiger partial charge in [-0.3, -0.25) is 4.79 Å². The molecule has 0 N–H and O–H groups in total. The molecule has 0 radical (unpaired) electrons. The summed E-state index contributed by atoms with van der Waals surface area (Å²) >= 11 is 3.47. The van der Waals surface area contributed by atoms with Gasteiger partial charge in [-0.2, -0.15) is 9.78 Å². The van der Waals surface area contributed by atoms with E-state index in [1.165, 1.54) is 25.1 Å². The standard InChI is InChI=1S/C28H22BrN3O6/c1-16(28(34)36-3)37-25-17(7-6-10-23(25)35-2)15-30-32-26(31-21-9-5-4-8-20(21)27(32)33)24-14-18-13-19(29)11-12-22(18)38-24/h4-16H,1-3H3/t16-/m1/s1. The van der Waals surface area contributed by atoms with Crippen LogP contribution in [0, 0.1) is 0 Å². The summed E-state index contributed by atoms with van der Waals surface area (Å²) in [6.45, 7) is 1.56. The van der Waals surface area contributed by atoms with Crippen LogP contribution in [-0.4, -0.2) is 42.2 Å². The van der Waals surface area contributed by atoms with Crippen LogP contribution in [0.25, 0.3) is 33.5 Å². The van der Waals surface area contributed by atoms with Gasteiger partial charge in [-0.15, -0.1) is 0 Å². The highest BCUT2D eigenvalue weighted by Crippen LogP contribution is 2.32. The molecule has 2 aromatic heterocycles. The van der Waals surface area contributed by atoms with Crippen molar-refractivity contribution in [3.05, 3.63) is 87.1 Å². The fourth-order valence-corrected chi connectivity index (χ4v) is 4.33. The molecule has 9 nitrogen and oxygen atoms in total. The number of aromatic nitrogens is 2. The normalized spacial score (nSPS) is 12.2. The largest absolute Gasteiger partial charge is 0.493 e. The lowest BCUT2D eigenvalue weighted by atomic mass is 10.2. The van der Waals surface area contributed by atoms with E-state index >= 15 is 0 Å². The number of para-hydroxylation sites is 2. The number of methoxy groups -OCH3 is 2. The number of furan rings is 1. The molecule has 38 heavy (non-hydrogen) atoms. The van der Waals surface area contributed by atoms with Crippen LogP contribution in [-0.2, 0) is 9.53 Å². The number of carbonyl (C=O) groups is 1. The van der Waals surface area contributed by atoms with Crippen molar-refractivity contribution in [2.45, 2.75) is 13.0 Å². The summed E-state index contributed by atoms with van der Waals surface area (Å²) in [6.07, 6.45) is 0.543. The van der Waals surface area contributed by atoms with Gasteiger partial charge in [-0.1, -0.05) is 34.1 Å². The minimum Gasteiger partial charge on any atom is -0.493 e. The predicted octanol–water partition coefficient (Wildman–Crippen LogP) is 5.40. The van der Waals surface area contributed by atoms with E-state index in [-0.39, 0.29) is 17.1 Å². The van der Waals surface area contributed by atoms with E-state index < -0.39 is 12.1 Å². The molecule has 0 aliphatic carbocycles. The summed E-state index contributed by atoms with van der Waals surface area (Å²) in [5.74, 6) is 0.711. The zero-order valence-corrected chi connectivity index (χ0v) is 22.3. The van der Waals surface area contributed by atoms with E-state index in [1.807, 2.05) is 24.3 Å². The van der Waals surface area contributed by atoms with Gasteiger partial charge in [0.05, 0.1) is 31.3 Å². The first kappa shape index (κ1) is 25.2. The second-order valence-electron chi connectivity index (χ2n) is 8.27. The Morgan fingerprint density at radius 1 is 1.11 bits per heavy atom.